The molecule has 2 aromatic heterocycles. The molecule has 0 unspecified atom stereocenters. The van der Waals surface area contributed by atoms with Gasteiger partial charge in [0.1, 0.15) is 11.5 Å². The minimum Gasteiger partial charge on any atom is -0.494 e. The van der Waals surface area contributed by atoms with Gasteiger partial charge in [0, 0.05) is 24.2 Å². The van der Waals surface area contributed by atoms with Gasteiger partial charge in [0.2, 0.25) is 0 Å². The number of H-pyrrole nitrogens is 2. The molecule has 0 amide bonds. The summed E-state index contributed by atoms with van der Waals surface area (Å²) in [6.07, 6.45) is 7.66. The predicted molar refractivity (Wildman–Crippen MR) is 78.4 cm³/mol. The molecule has 4 nitrogen and oxygen atoms in total. The van der Waals surface area contributed by atoms with Gasteiger partial charge in [-0.2, -0.15) is 0 Å². The van der Waals surface area contributed by atoms with Gasteiger partial charge in [-0.15, -0.1) is 12.4 Å². The molecule has 0 bridgehead atoms. The molecule has 0 aliphatic carbocycles. The fourth-order valence-corrected chi connectivity index (χ4v) is 1.89. The van der Waals surface area contributed by atoms with Crippen molar-refractivity contribution >= 4 is 24.2 Å². The van der Waals surface area contributed by atoms with Crippen molar-refractivity contribution in [2.75, 3.05) is 7.11 Å². The van der Waals surface area contributed by atoms with Crippen LogP contribution in [0.15, 0.2) is 59.2 Å². The van der Waals surface area contributed by atoms with E-state index in [2.05, 4.69) is 15.0 Å². The molecule has 0 fully saturated rings. The molecule has 2 N–H and O–H groups in total. The molecule has 1 aliphatic rings. The van der Waals surface area contributed by atoms with Gasteiger partial charge in [0.25, 0.3) is 0 Å². The second kappa shape index (κ2) is 5.63. The average molecular weight is 276 g/mol. The first-order valence-electron chi connectivity index (χ1n) is 5.70. The van der Waals surface area contributed by atoms with Crippen molar-refractivity contribution in [3.63, 3.8) is 0 Å². The molecule has 0 aromatic carbocycles. The van der Waals surface area contributed by atoms with Crippen molar-refractivity contribution < 1.29 is 4.74 Å². The van der Waals surface area contributed by atoms with Gasteiger partial charge in [-0.3, -0.25) is 0 Å². The maximum atomic E-state index is 5.35. The molecule has 19 heavy (non-hydrogen) atoms. The van der Waals surface area contributed by atoms with Gasteiger partial charge >= 0.3 is 0 Å². The number of nitrogens with zero attached hydrogens (tertiary/aromatic N) is 1. The van der Waals surface area contributed by atoms with E-state index in [1.807, 2.05) is 48.8 Å². The molecule has 2 aromatic rings. The third-order valence-electron chi connectivity index (χ3n) is 2.77. The van der Waals surface area contributed by atoms with Gasteiger partial charge in [0.15, 0.2) is 0 Å². The Labute approximate surface area is 117 Å². The Hall–Kier alpha value is -2.20. The summed E-state index contributed by atoms with van der Waals surface area (Å²) >= 11 is 0. The Morgan fingerprint density at radius 1 is 1.16 bits per heavy atom. The van der Waals surface area contributed by atoms with Crippen LogP contribution in [0.5, 0.6) is 0 Å². The normalized spacial score (nSPS) is 15.9. The maximum absolute atomic E-state index is 5.35. The number of hydrogen-bond acceptors (Lipinski definition) is 2. The van der Waals surface area contributed by atoms with Crippen LogP contribution in [0, 0.1) is 0 Å². The lowest BCUT2D eigenvalue weighted by atomic mass is 10.2. The van der Waals surface area contributed by atoms with Gasteiger partial charge in [-0.1, -0.05) is 0 Å². The summed E-state index contributed by atoms with van der Waals surface area (Å²) < 4.78 is 5.35. The molecule has 0 saturated carbocycles. The van der Waals surface area contributed by atoms with E-state index in [0.29, 0.717) is 0 Å². The minimum absolute atomic E-state index is 0. The average Bonchev–Trinajstić information content (AvgIpc) is 3.10. The first-order chi connectivity index (χ1) is 8.86. The summed E-state index contributed by atoms with van der Waals surface area (Å²) in [5.74, 6) is 0.772. The van der Waals surface area contributed by atoms with Crippen LogP contribution in [0.3, 0.4) is 0 Å². The van der Waals surface area contributed by atoms with Crippen LogP contribution >= 0.6 is 12.4 Å². The fourth-order valence-electron chi connectivity index (χ4n) is 1.89. The number of ether oxygens (including phenoxy) is 1. The van der Waals surface area contributed by atoms with Crippen LogP contribution in [0.25, 0.3) is 6.08 Å². The molecule has 1 aliphatic heterocycles. The van der Waals surface area contributed by atoms with Crippen molar-refractivity contribution in [1.82, 2.24) is 9.97 Å². The summed E-state index contributed by atoms with van der Waals surface area (Å²) in [6, 6.07) is 7.88. The Morgan fingerprint density at radius 3 is 2.58 bits per heavy atom. The maximum Gasteiger partial charge on any atom is 0.146 e. The van der Waals surface area contributed by atoms with Crippen LogP contribution < -0.4 is 0 Å². The van der Waals surface area contributed by atoms with E-state index in [9.17, 15) is 0 Å². The lowest BCUT2D eigenvalue weighted by molar-refractivity contribution is 0.303. The van der Waals surface area contributed by atoms with E-state index in [-0.39, 0.29) is 12.4 Å². The first-order valence-corrected chi connectivity index (χ1v) is 5.70. The van der Waals surface area contributed by atoms with Crippen molar-refractivity contribution in [3.8, 4) is 0 Å². The molecule has 3 heterocycles. The molecule has 0 saturated heterocycles. The van der Waals surface area contributed by atoms with Crippen molar-refractivity contribution in [3.05, 3.63) is 65.6 Å². The number of aliphatic imine (C=N–C) groups is 1. The van der Waals surface area contributed by atoms with Crippen LogP contribution in [0.1, 0.15) is 11.4 Å². The van der Waals surface area contributed by atoms with Crippen molar-refractivity contribution in [1.29, 1.82) is 0 Å². The van der Waals surface area contributed by atoms with Crippen LogP contribution in [-0.2, 0) is 4.74 Å². The molecule has 5 heteroatoms. The molecular weight excluding hydrogens is 262 g/mol. The Kier molecular flexibility index (Phi) is 3.92. The second-order valence-electron chi connectivity index (χ2n) is 3.95. The van der Waals surface area contributed by atoms with Crippen LogP contribution in [0.4, 0.5) is 0 Å². The quantitative estimate of drug-likeness (QED) is 0.888. The smallest absolute Gasteiger partial charge is 0.146 e. The molecule has 0 radical (unpaired) electrons. The highest BCUT2D eigenvalue weighted by atomic mass is 35.5. The summed E-state index contributed by atoms with van der Waals surface area (Å²) in [6.45, 7) is 0. The van der Waals surface area contributed by atoms with Gasteiger partial charge in [0.05, 0.1) is 18.5 Å². The number of allylic oxidation sites excluding steroid dienone is 1. The van der Waals surface area contributed by atoms with E-state index in [1.165, 1.54) is 0 Å². The van der Waals surface area contributed by atoms with Gasteiger partial charge in [-0.05, 0) is 30.3 Å². The van der Waals surface area contributed by atoms with E-state index in [0.717, 1.165) is 28.6 Å². The highest BCUT2D eigenvalue weighted by molar-refractivity contribution is 6.11. The molecule has 3 rings (SSSR count). The standard InChI is InChI=1S/C14H13N3O.ClH/c1-18-14-9-12(11-5-3-7-16-11)17-13(14)8-10-4-2-6-15-10;/h2-9,15-16H,1H3;1H/b13-8-;. The Balaban J connectivity index is 0.00000133. The molecular formula is C14H14ClN3O. The highest BCUT2D eigenvalue weighted by Crippen LogP contribution is 2.24. The second-order valence-corrected chi connectivity index (χ2v) is 3.95. The van der Waals surface area contributed by atoms with Gasteiger partial charge < -0.3 is 14.7 Å². The first kappa shape index (κ1) is 13.2. The topological polar surface area (TPSA) is 53.2 Å². The van der Waals surface area contributed by atoms with Gasteiger partial charge in [-0.25, -0.2) is 4.99 Å². The number of methoxy groups -OCH3 is 1. The van der Waals surface area contributed by atoms with Crippen LogP contribution in [0.2, 0.25) is 0 Å². The summed E-state index contributed by atoms with van der Waals surface area (Å²) in [4.78, 5) is 10.8. The van der Waals surface area contributed by atoms with Crippen molar-refractivity contribution in [2.24, 2.45) is 4.99 Å². The zero-order valence-electron chi connectivity index (χ0n) is 10.4. The zero-order chi connectivity index (χ0) is 12.4. The largest absolute Gasteiger partial charge is 0.494 e. The van der Waals surface area contributed by atoms with E-state index >= 15 is 0 Å². The number of halogens is 1. The lowest BCUT2D eigenvalue weighted by Crippen LogP contribution is -1.93. The zero-order valence-corrected chi connectivity index (χ0v) is 11.2. The monoisotopic (exact) mass is 275 g/mol. The van der Waals surface area contributed by atoms with Crippen LogP contribution in [-0.4, -0.2) is 22.8 Å². The summed E-state index contributed by atoms with van der Waals surface area (Å²) in [5.41, 5.74) is 3.70. The Bertz CT molecular complexity index is 622. The fraction of sp³-hybridized carbons (Fsp3) is 0.0714. The summed E-state index contributed by atoms with van der Waals surface area (Å²) in [5, 5.41) is 0. The van der Waals surface area contributed by atoms with Crippen molar-refractivity contribution in [2.45, 2.75) is 0 Å². The molecule has 98 valence electrons. The third-order valence-corrected chi connectivity index (χ3v) is 2.77. The van der Waals surface area contributed by atoms with E-state index in [1.54, 1.807) is 7.11 Å². The number of rotatable bonds is 3. The third kappa shape index (κ3) is 2.63. The minimum atomic E-state index is 0. The Morgan fingerprint density at radius 2 is 1.95 bits per heavy atom. The predicted octanol–water partition coefficient (Wildman–Crippen LogP) is 3.14. The molecule has 0 spiro atoms. The SMILES string of the molecule is COC1=CC(c2ccc[nH]2)=N/C1=C\c1ccc[nH]1.Cl. The molecule has 0 atom stereocenters. The van der Waals surface area contributed by atoms with E-state index in [4.69, 9.17) is 4.74 Å². The summed E-state index contributed by atoms with van der Waals surface area (Å²) in [7, 11) is 1.65. The number of aromatic amines is 2. The number of aromatic nitrogens is 2. The van der Waals surface area contributed by atoms with E-state index < -0.39 is 0 Å². The number of hydrogen-bond donors (Lipinski definition) is 2. The number of nitrogens with one attached hydrogen (secondary N) is 2. The highest BCUT2D eigenvalue weighted by Gasteiger charge is 2.16. The lowest BCUT2D eigenvalue weighted by Gasteiger charge is -2.00.